The number of sulfonamides is 1. The maximum Gasteiger partial charge on any atom is 0.211 e. The van der Waals surface area contributed by atoms with Crippen LogP contribution in [0.25, 0.3) is 0 Å². The summed E-state index contributed by atoms with van der Waals surface area (Å²) in [5, 5.41) is 3.02. The van der Waals surface area contributed by atoms with Gasteiger partial charge in [0, 0.05) is 26.2 Å². The molecule has 3 N–H and O–H groups in total. The molecule has 0 heterocycles. The van der Waals surface area contributed by atoms with Crippen LogP contribution in [0, 0.1) is 5.92 Å². The lowest BCUT2D eigenvalue weighted by Crippen LogP contribution is -2.36. The van der Waals surface area contributed by atoms with Gasteiger partial charge < -0.3 is 11.1 Å². The first-order chi connectivity index (χ1) is 8.93. The molecule has 7 heteroatoms. The van der Waals surface area contributed by atoms with Crippen LogP contribution in [0.15, 0.2) is 4.99 Å². The van der Waals surface area contributed by atoms with E-state index >= 15 is 0 Å². The standard InChI is InChI=1S/C12H26N4O2S/c1-3-16(19(2,17)18)9-5-8-14-12(13)15-10-11-6-4-7-11/h11H,3-10H2,1-2H3,(H3,13,14,15). The minimum Gasteiger partial charge on any atom is -0.370 e. The Morgan fingerprint density at radius 2 is 2.16 bits per heavy atom. The summed E-state index contributed by atoms with van der Waals surface area (Å²) in [4.78, 5) is 4.28. The highest BCUT2D eigenvalue weighted by atomic mass is 32.2. The second-order valence-corrected chi connectivity index (χ2v) is 7.04. The lowest BCUT2D eigenvalue weighted by molar-refractivity contribution is 0.326. The van der Waals surface area contributed by atoms with Crippen molar-refractivity contribution in [3.8, 4) is 0 Å². The highest BCUT2D eigenvalue weighted by Gasteiger charge is 2.16. The summed E-state index contributed by atoms with van der Waals surface area (Å²) in [5.74, 6) is 1.18. The average molecular weight is 290 g/mol. The summed E-state index contributed by atoms with van der Waals surface area (Å²) in [6.45, 7) is 4.31. The first-order valence-electron chi connectivity index (χ1n) is 6.92. The summed E-state index contributed by atoms with van der Waals surface area (Å²) < 4.78 is 24.2. The Morgan fingerprint density at radius 3 is 2.63 bits per heavy atom. The molecule has 0 saturated heterocycles. The molecule has 0 radical (unpaired) electrons. The van der Waals surface area contributed by atoms with E-state index in [0.29, 0.717) is 31.5 Å². The van der Waals surface area contributed by atoms with Crippen molar-refractivity contribution in [2.45, 2.75) is 32.6 Å². The third-order valence-electron chi connectivity index (χ3n) is 3.46. The van der Waals surface area contributed by atoms with Gasteiger partial charge in [0.15, 0.2) is 5.96 Å². The van der Waals surface area contributed by atoms with E-state index in [2.05, 4.69) is 10.3 Å². The first-order valence-corrected chi connectivity index (χ1v) is 8.77. The van der Waals surface area contributed by atoms with Crippen molar-refractivity contribution in [3.63, 3.8) is 0 Å². The van der Waals surface area contributed by atoms with Gasteiger partial charge >= 0.3 is 0 Å². The maximum absolute atomic E-state index is 11.4. The second-order valence-electron chi connectivity index (χ2n) is 5.06. The van der Waals surface area contributed by atoms with E-state index in [1.165, 1.54) is 29.8 Å². The summed E-state index contributed by atoms with van der Waals surface area (Å²) in [7, 11) is -3.09. The molecule has 0 aromatic rings. The molecule has 0 aromatic carbocycles. The van der Waals surface area contributed by atoms with Gasteiger partial charge in [0.1, 0.15) is 0 Å². The van der Waals surface area contributed by atoms with Gasteiger partial charge in [-0.2, -0.15) is 0 Å². The van der Waals surface area contributed by atoms with Gasteiger partial charge in [0.05, 0.1) is 6.26 Å². The van der Waals surface area contributed by atoms with Gasteiger partial charge in [-0.1, -0.05) is 13.3 Å². The first kappa shape index (κ1) is 16.2. The molecule has 0 aromatic heterocycles. The number of hydrogen-bond donors (Lipinski definition) is 2. The number of rotatable bonds is 8. The summed E-state index contributed by atoms with van der Waals surface area (Å²) in [5.41, 5.74) is 5.74. The zero-order chi connectivity index (χ0) is 14.3. The molecule has 0 aliphatic heterocycles. The zero-order valence-electron chi connectivity index (χ0n) is 11.9. The topological polar surface area (TPSA) is 87.8 Å². The van der Waals surface area contributed by atoms with Crippen LogP contribution in [-0.4, -0.2) is 51.1 Å². The van der Waals surface area contributed by atoms with Crippen LogP contribution in [0.4, 0.5) is 0 Å². The van der Waals surface area contributed by atoms with Crippen molar-refractivity contribution >= 4 is 16.0 Å². The van der Waals surface area contributed by atoms with Crippen molar-refractivity contribution in [2.24, 2.45) is 16.6 Å². The Kier molecular flexibility index (Phi) is 6.57. The Hall–Kier alpha value is -0.820. The molecule has 1 fully saturated rings. The smallest absolute Gasteiger partial charge is 0.211 e. The third-order valence-corrected chi connectivity index (χ3v) is 4.84. The fraction of sp³-hybridized carbons (Fsp3) is 0.917. The monoisotopic (exact) mass is 290 g/mol. The Labute approximate surface area is 116 Å². The number of nitrogens with one attached hydrogen (secondary N) is 1. The largest absolute Gasteiger partial charge is 0.370 e. The maximum atomic E-state index is 11.4. The quantitative estimate of drug-likeness (QED) is 0.384. The number of guanidine groups is 1. The van der Waals surface area contributed by atoms with Crippen molar-refractivity contribution < 1.29 is 8.42 Å². The average Bonchev–Trinajstić information content (AvgIpc) is 2.25. The van der Waals surface area contributed by atoms with Crippen LogP contribution in [0.3, 0.4) is 0 Å². The number of hydrogen-bond acceptors (Lipinski definition) is 3. The second kappa shape index (κ2) is 7.69. The summed E-state index contributed by atoms with van der Waals surface area (Å²) in [6.07, 6.45) is 5.79. The van der Waals surface area contributed by atoms with E-state index in [0.717, 1.165) is 13.0 Å². The molecule has 1 rings (SSSR count). The molecule has 0 amide bonds. The van der Waals surface area contributed by atoms with Crippen molar-refractivity contribution in [1.29, 1.82) is 0 Å². The van der Waals surface area contributed by atoms with E-state index in [-0.39, 0.29) is 0 Å². The van der Waals surface area contributed by atoms with Gasteiger partial charge in [-0.15, -0.1) is 0 Å². The van der Waals surface area contributed by atoms with Crippen LogP contribution in [0.1, 0.15) is 32.6 Å². The minimum absolute atomic E-state index is 0.467. The molecule has 0 bridgehead atoms. The number of nitrogens with two attached hydrogens (primary N) is 1. The number of aliphatic imine (C=N–C) groups is 1. The summed E-state index contributed by atoms with van der Waals surface area (Å²) in [6, 6.07) is 0. The highest BCUT2D eigenvalue weighted by Crippen LogP contribution is 2.26. The molecule has 1 aliphatic rings. The molecule has 0 unspecified atom stereocenters. The fourth-order valence-corrected chi connectivity index (χ4v) is 2.92. The molecule has 19 heavy (non-hydrogen) atoms. The van der Waals surface area contributed by atoms with Crippen LogP contribution in [-0.2, 0) is 10.0 Å². The Morgan fingerprint density at radius 1 is 1.47 bits per heavy atom. The molecule has 0 atom stereocenters. The number of nitrogens with zero attached hydrogens (tertiary/aromatic N) is 2. The van der Waals surface area contributed by atoms with Gasteiger partial charge in [0.2, 0.25) is 10.0 Å². The highest BCUT2D eigenvalue weighted by molar-refractivity contribution is 7.88. The predicted octanol–water partition coefficient (Wildman–Crippen LogP) is 0.362. The van der Waals surface area contributed by atoms with Crippen LogP contribution in [0.2, 0.25) is 0 Å². The van der Waals surface area contributed by atoms with Crippen LogP contribution >= 0.6 is 0 Å². The molecule has 0 spiro atoms. The van der Waals surface area contributed by atoms with Gasteiger partial charge in [-0.05, 0) is 25.2 Å². The van der Waals surface area contributed by atoms with Gasteiger partial charge in [-0.25, -0.2) is 12.7 Å². The van der Waals surface area contributed by atoms with Crippen LogP contribution in [0.5, 0.6) is 0 Å². The third kappa shape index (κ3) is 6.24. The van der Waals surface area contributed by atoms with E-state index < -0.39 is 10.0 Å². The SMILES string of the molecule is CCN(CCCNC(N)=NCC1CCC1)S(C)(=O)=O. The zero-order valence-corrected chi connectivity index (χ0v) is 12.7. The summed E-state index contributed by atoms with van der Waals surface area (Å²) >= 11 is 0. The lowest BCUT2D eigenvalue weighted by Gasteiger charge is -2.23. The normalized spacial score (nSPS) is 17.5. The molecular weight excluding hydrogens is 264 g/mol. The van der Waals surface area contributed by atoms with Crippen molar-refractivity contribution in [3.05, 3.63) is 0 Å². The molecule has 1 saturated carbocycles. The van der Waals surface area contributed by atoms with Crippen LogP contribution < -0.4 is 11.1 Å². The van der Waals surface area contributed by atoms with Crippen molar-refractivity contribution in [2.75, 3.05) is 32.4 Å². The van der Waals surface area contributed by atoms with E-state index in [4.69, 9.17) is 5.73 Å². The van der Waals surface area contributed by atoms with Gasteiger partial charge in [0.25, 0.3) is 0 Å². The molecule has 1 aliphatic carbocycles. The van der Waals surface area contributed by atoms with Crippen molar-refractivity contribution in [1.82, 2.24) is 9.62 Å². The van der Waals surface area contributed by atoms with E-state index in [1.54, 1.807) is 0 Å². The fourth-order valence-electron chi connectivity index (χ4n) is 1.99. The predicted molar refractivity (Wildman–Crippen MR) is 78.5 cm³/mol. The minimum atomic E-state index is -3.09. The van der Waals surface area contributed by atoms with Gasteiger partial charge in [-0.3, -0.25) is 4.99 Å². The Balaban J connectivity index is 2.15. The van der Waals surface area contributed by atoms with E-state index in [9.17, 15) is 8.42 Å². The molecular formula is C12H26N4O2S. The Bertz CT molecular complexity index is 391. The molecule has 112 valence electrons. The lowest BCUT2D eigenvalue weighted by atomic mass is 9.86. The molecule has 6 nitrogen and oxygen atoms in total. The van der Waals surface area contributed by atoms with E-state index in [1.807, 2.05) is 6.92 Å².